The molecule has 0 radical (unpaired) electrons. The molecule has 0 aliphatic carbocycles. The van der Waals surface area contributed by atoms with E-state index in [-0.39, 0.29) is 28.3 Å². The van der Waals surface area contributed by atoms with Crippen LogP contribution in [0, 0.1) is 19.7 Å². The third-order valence-electron chi connectivity index (χ3n) is 3.70. The summed E-state index contributed by atoms with van der Waals surface area (Å²) in [6.07, 6.45) is 0. The van der Waals surface area contributed by atoms with Crippen molar-refractivity contribution in [1.29, 1.82) is 0 Å². The Labute approximate surface area is 132 Å². The Balaban J connectivity index is 2.26. The van der Waals surface area contributed by atoms with Gasteiger partial charge in [0.2, 0.25) is 0 Å². The number of aromatic nitrogens is 1. The Kier molecular flexibility index (Phi) is 4.66. The number of pyridine rings is 1. The molecule has 22 heavy (non-hydrogen) atoms. The quantitative estimate of drug-likeness (QED) is 0.944. The van der Waals surface area contributed by atoms with Crippen LogP contribution < -0.4 is 10.9 Å². The molecule has 0 atom stereocenters. The van der Waals surface area contributed by atoms with Crippen LogP contribution in [0.5, 0.6) is 0 Å². The first kappa shape index (κ1) is 16.2. The largest absolute Gasteiger partial charge is 0.348 e. The summed E-state index contributed by atoms with van der Waals surface area (Å²) in [5, 5.41) is 2.76. The number of nitrogens with zero attached hydrogens (tertiary/aromatic N) is 1. The van der Waals surface area contributed by atoms with E-state index in [1.165, 1.54) is 22.8 Å². The minimum absolute atomic E-state index is 0.0260. The molecular weight excluding hydrogens is 307 g/mol. The Morgan fingerprint density at radius 1 is 1.36 bits per heavy atom. The summed E-state index contributed by atoms with van der Waals surface area (Å²) in [6, 6.07) is 5.83. The maximum absolute atomic E-state index is 13.7. The molecule has 0 aliphatic rings. The average Bonchev–Trinajstić information content (AvgIpc) is 2.48. The number of carbonyl (C=O) groups is 1. The zero-order valence-corrected chi connectivity index (χ0v) is 13.3. The molecular formula is C16H16ClFN2O2. The summed E-state index contributed by atoms with van der Waals surface area (Å²) in [5.74, 6) is -1.05. The molecule has 0 bridgehead atoms. The molecule has 2 rings (SSSR count). The van der Waals surface area contributed by atoms with Crippen molar-refractivity contribution in [3.8, 4) is 0 Å². The molecule has 0 spiro atoms. The highest BCUT2D eigenvalue weighted by Crippen LogP contribution is 2.18. The maximum atomic E-state index is 13.7. The van der Waals surface area contributed by atoms with Crippen LogP contribution in [0.3, 0.4) is 0 Å². The van der Waals surface area contributed by atoms with E-state index in [4.69, 9.17) is 11.6 Å². The van der Waals surface area contributed by atoms with Crippen molar-refractivity contribution in [2.24, 2.45) is 7.05 Å². The minimum Gasteiger partial charge on any atom is -0.348 e. The van der Waals surface area contributed by atoms with Crippen molar-refractivity contribution in [2.75, 3.05) is 0 Å². The predicted molar refractivity (Wildman–Crippen MR) is 83.7 cm³/mol. The van der Waals surface area contributed by atoms with Gasteiger partial charge in [0.05, 0.1) is 0 Å². The minimum atomic E-state index is -0.553. The lowest BCUT2D eigenvalue weighted by molar-refractivity contribution is 0.0948. The Bertz CT molecular complexity index is 779. The second-order valence-electron chi connectivity index (χ2n) is 5.07. The number of rotatable bonds is 3. The van der Waals surface area contributed by atoms with Gasteiger partial charge in [-0.05, 0) is 37.6 Å². The molecule has 0 saturated carbocycles. The number of nitrogens with one attached hydrogen (secondary N) is 1. The van der Waals surface area contributed by atoms with Gasteiger partial charge in [-0.1, -0.05) is 17.7 Å². The van der Waals surface area contributed by atoms with E-state index in [1.807, 2.05) is 6.92 Å². The molecule has 1 N–H and O–H groups in total. The van der Waals surface area contributed by atoms with Gasteiger partial charge in [-0.2, -0.15) is 0 Å². The molecule has 1 aromatic carbocycles. The zero-order valence-electron chi connectivity index (χ0n) is 12.5. The van der Waals surface area contributed by atoms with Crippen LogP contribution in [0.15, 0.2) is 29.1 Å². The number of carbonyl (C=O) groups excluding carboxylic acids is 1. The van der Waals surface area contributed by atoms with E-state index in [0.29, 0.717) is 0 Å². The first-order valence-corrected chi connectivity index (χ1v) is 7.09. The second kappa shape index (κ2) is 6.32. The number of hydrogen-bond acceptors (Lipinski definition) is 2. The van der Waals surface area contributed by atoms with Crippen LogP contribution >= 0.6 is 11.6 Å². The highest BCUT2D eigenvalue weighted by Gasteiger charge is 2.15. The Hall–Kier alpha value is -2.14. The molecule has 0 aliphatic heterocycles. The number of amides is 1. The van der Waals surface area contributed by atoms with Gasteiger partial charge in [-0.3, -0.25) is 9.59 Å². The molecule has 1 aromatic heterocycles. The smallest absolute Gasteiger partial charge is 0.263 e. The number of halogens is 2. The topological polar surface area (TPSA) is 51.1 Å². The molecule has 1 amide bonds. The first-order chi connectivity index (χ1) is 10.3. The number of hydrogen-bond donors (Lipinski definition) is 1. The maximum Gasteiger partial charge on any atom is 0.263 e. The third-order valence-corrected chi connectivity index (χ3v) is 4.06. The summed E-state index contributed by atoms with van der Waals surface area (Å²) in [5.41, 5.74) is 1.45. The molecule has 6 heteroatoms. The van der Waals surface area contributed by atoms with Gasteiger partial charge in [-0.25, -0.2) is 4.39 Å². The van der Waals surface area contributed by atoms with Gasteiger partial charge in [0, 0.05) is 29.9 Å². The summed E-state index contributed by atoms with van der Waals surface area (Å²) < 4.78 is 15.1. The Morgan fingerprint density at radius 3 is 2.68 bits per heavy atom. The highest BCUT2D eigenvalue weighted by molar-refractivity contribution is 6.31. The van der Waals surface area contributed by atoms with Crippen LogP contribution in [0.1, 0.15) is 27.2 Å². The van der Waals surface area contributed by atoms with Crippen molar-refractivity contribution in [1.82, 2.24) is 9.88 Å². The van der Waals surface area contributed by atoms with E-state index in [1.54, 1.807) is 20.0 Å². The lowest BCUT2D eigenvalue weighted by Gasteiger charge is -2.11. The second-order valence-corrected chi connectivity index (χ2v) is 5.48. The first-order valence-electron chi connectivity index (χ1n) is 6.71. The monoisotopic (exact) mass is 322 g/mol. The highest BCUT2D eigenvalue weighted by atomic mass is 35.5. The van der Waals surface area contributed by atoms with Crippen LogP contribution in [-0.4, -0.2) is 10.5 Å². The fraction of sp³-hybridized carbons (Fsp3) is 0.250. The fourth-order valence-corrected chi connectivity index (χ4v) is 2.34. The number of aryl methyl sites for hydroxylation is 1. The van der Waals surface area contributed by atoms with Crippen molar-refractivity contribution in [3.05, 3.63) is 67.8 Å². The van der Waals surface area contributed by atoms with Gasteiger partial charge in [0.15, 0.2) is 0 Å². The molecule has 1 heterocycles. The van der Waals surface area contributed by atoms with Crippen LogP contribution in [0.25, 0.3) is 0 Å². The van der Waals surface area contributed by atoms with Crippen molar-refractivity contribution < 1.29 is 9.18 Å². The van der Waals surface area contributed by atoms with Gasteiger partial charge < -0.3 is 9.88 Å². The van der Waals surface area contributed by atoms with Crippen molar-refractivity contribution >= 4 is 17.5 Å². The van der Waals surface area contributed by atoms with Crippen LogP contribution in [-0.2, 0) is 13.6 Å². The standard InChI is InChI=1S/C16H16ClFN2O2/c1-9-7-11(16(22)20(3)10(9)2)15(21)19-8-12-13(17)5-4-6-14(12)18/h4-7H,8H2,1-3H3,(H,19,21). The fourth-order valence-electron chi connectivity index (χ4n) is 2.11. The van der Waals surface area contributed by atoms with E-state index in [2.05, 4.69) is 5.32 Å². The van der Waals surface area contributed by atoms with E-state index < -0.39 is 11.7 Å². The molecule has 0 fully saturated rings. The zero-order chi connectivity index (χ0) is 16.4. The lowest BCUT2D eigenvalue weighted by Crippen LogP contribution is -2.33. The van der Waals surface area contributed by atoms with E-state index in [0.717, 1.165) is 11.3 Å². The normalized spacial score (nSPS) is 10.6. The third kappa shape index (κ3) is 3.04. The van der Waals surface area contributed by atoms with Crippen LogP contribution in [0.2, 0.25) is 5.02 Å². The van der Waals surface area contributed by atoms with E-state index in [9.17, 15) is 14.0 Å². The molecule has 4 nitrogen and oxygen atoms in total. The van der Waals surface area contributed by atoms with Crippen LogP contribution in [0.4, 0.5) is 4.39 Å². The van der Waals surface area contributed by atoms with Crippen molar-refractivity contribution in [2.45, 2.75) is 20.4 Å². The van der Waals surface area contributed by atoms with E-state index >= 15 is 0 Å². The summed E-state index contributed by atoms with van der Waals surface area (Å²) in [7, 11) is 1.61. The van der Waals surface area contributed by atoms with Gasteiger partial charge in [0.1, 0.15) is 11.4 Å². The Morgan fingerprint density at radius 2 is 2.05 bits per heavy atom. The molecule has 116 valence electrons. The van der Waals surface area contributed by atoms with Gasteiger partial charge >= 0.3 is 0 Å². The van der Waals surface area contributed by atoms with Gasteiger partial charge in [-0.15, -0.1) is 0 Å². The molecule has 2 aromatic rings. The molecule has 0 saturated heterocycles. The summed E-state index contributed by atoms with van der Waals surface area (Å²) >= 11 is 5.90. The SMILES string of the molecule is Cc1cc(C(=O)NCc2c(F)cccc2Cl)c(=O)n(C)c1C. The summed E-state index contributed by atoms with van der Waals surface area (Å²) in [4.78, 5) is 24.3. The molecule has 0 unspecified atom stereocenters. The average molecular weight is 323 g/mol. The summed E-state index contributed by atoms with van der Waals surface area (Å²) in [6.45, 7) is 3.54. The lowest BCUT2D eigenvalue weighted by atomic mass is 10.1. The number of benzene rings is 1. The predicted octanol–water partition coefficient (Wildman–Crippen LogP) is 2.72. The van der Waals surface area contributed by atoms with Crippen molar-refractivity contribution in [3.63, 3.8) is 0 Å². The van der Waals surface area contributed by atoms with Gasteiger partial charge in [0.25, 0.3) is 11.5 Å².